The summed E-state index contributed by atoms with van der Waals surface area (Å²) >= 11 is 0. The van der Waals surface area contributed by atoms with Gasteiger partial charge in [0.15, 0.2) is 0 Å². The standard InChI is InChI=1S/C18H27FN4O2/c1-3-14(2)20-17(24)12-22-7-9-23(10-8-22)13-18(25)21-16-6-4-5-15(19)11-16/h4-6,11,14H,3,7-10,12-13H2,1-2H3,(H,20,24)(H,21,25)/t14-/m0/s1. The molecule has 2 N–H and O–H groups in total. The molecule has 2 amide bonds. The lowest BCUT2D eigenvalue weighted by atomic mass is 10.2. The predicted molar refractivity (Wildman–Crippen MR) is 95.8 cm³/mol. The van der Waals surface area contributed by atoms with E-state index in [2.05, 4.69) is 15.5 Å². The molecule has 0 spiro atoms. The van der Waals surface area contributed by atoms with Gasteiger partial charge in [0.1, 0.15) is 5.82 Å². The lowest BCUT2D eigenvalue weighted by molar-refractivity contribution is -0.124. The quantitative estimate of drug-likeness (QED) is 0.778. The molecule has 0 unspecified atom stereocenters. The number of carbonyl (C=O) groups is 2. The average molecular weight is 350 g/mol. The van der Waals surface area contributed by atoms with E-state index in [-0.39, 0.29) is 30.2 Å². The summed E-state index contributed by atoms with van der Waals surface area (Å²) in [6.07, 6.45) is 0.917. The van der Waals surface area contributed by atoms with E-state index in [1.54, 1.807) is 12.1 Å². The first kappa shape index (κ1) is 19.3. The Morgan fingerprint density at radius 2 is 1.72 bits per heavy atom. The van der Waals surface area contributed by atoms with E-state index in [1.165, 1.54) is 12.1 Å². The van der Waals surface area contributed by atoms with Gasteiger partial charge >= 0.3 is 0 Å². The molecule has 6 nitrogen and oxygen atoms in total. The van der Waals surface area contributed by atoms with Gasteiger partial charge in [-0.05, 0) is 31.5 Å². The molecule has 0 aromatic heterocycles. The minimum atomic E-state index is -0.373. The number of rotatable bonds is 7. The molecule has 1 aromatic rings. The molecule has 1 aliphatic heterocycles. The third-order valence-electron chi connectivity index (χ3n) is 4.33. The van der Waals surface area contributed by atoms with Crippen molar-refractivity contribution < 1.29 is 14.0 Å². The SMILES string of the molecule is CC[C@H](C)NC(=O)CN1CCN(CC(=O)Nc2cccc(F)c2)CC1. The van der Waals surface area contributed by atoms with Crippen LogP contribution < -0.4 is 10.6 Å². The average Bonchev–Trinajstić information content (AvgIpc) is 2.56. The number of halogens is 1. The summed E-state index contributed by atoms with van der Waals surface area (Å²) in [5, 5.41) is 5.67. The Morgan fingerprint density at radius 3 is 2.28 bits per heavy atom. The van der Waals surface area contributed by atoms with Crippen molar-refractivity contribution in [3.05, 3.63) is 30.1 Å². The first-order valence-corrected chi connectivity index (χ1v) is 8.75. The van der Waals surface area contributed by atoms with Crippen LogP contribution in [0.25, 0.3) is 0 Å². The second kappa shape index (κ2) is 9.48. The first-order chi connectivity index (χ1) is 12.0. The molecule has 25 heavy (non-hydrogen) atoms. The summed E-state index contributed by atoms with van der Waals surface area (Å²) in [4.78, 5) is 28.1. The molecule has 7 heteroatoms. The summed E-state index contributed by atoms with van der Waals surface area (Å²) < 4.78 is 13.1. The Balaban J connectivity index is 1.69. The lowest BCUT2D eigenvalue weighted by Crippen LogP contribution is -2.51. The van der Waals surface area contributed by atoms with Crippen LogP contribution in [0.1, 0.15) is 20.3 Å². The molecule has 1 atom stereocenters. The van der Waals surface area contributed by atoms with E-state index in [9.17, 15) is 14.0 Å². The molecule has 0 radical (unpaired) electrons. The van der Waals surface area contributed by atoms with E-state index in [4.69, 9.17) is 0 Å². The minimum Gasteiger partial charge on any atom is -0.353 e. The Labute approximate surface area is 148 Å². The highest BCUT2D eigenvalue weighted by Crippen LogP contribution is 2.09. The van der Waals surface area contributed by atoms with Crippen LogP contribution in [0.2, 0.25) is 0 Å². The van der Waals surface area contributed by atoms with Gasteiger partial charge < -0.3 is 10.6 Å². The fraction of sp³-hybridized carbons (Fsp3) is 0.556. The van der Waals surface area contributed by atoms with Crippen LogP contribution in [-0.4, -0.2) is 66.9 Å². The van der Waals surface area contributed by atoms with Crippen LogP contribution >= 0.6 is 0 Å². The third-order valence-corrected chi connectivity index (χ3v) is 4.33. The highest BCUT2D eigenvalue weighted by molar-refractivity contribution is 5.92. The van der Waals surface area contributed by atoms with Gasteiger partial charge in [-0.15, -0.1) is 0 Å². The van der Waals surface area contributed by atoms with Gasteiger partial charge in [-0.2, -0.15) is 0 Å². The molecular weight excluding hydrogens is 323 g/mol. The van der Waals surface area contributed by atoms with Gasteiger partial charge in [-0.3, -0.25) is 19.4 Å². The van der Waals surface area contributed by atoms with E-state index in [1.807, 2.05) is 18.7 Å². The molecule has 0 aliphatic carbocycles. The lowest BCUT2D eigenvalue weighted by Gasteiger charge is -2.34. The first-order valence-electron chi connectivity index (χ1n) is 8.75. The zero-order valence-corrected chi connectivity index (χ0v) is 14.9. The third kappa shape index (κ3) is 6.80. The largest absolute Gasteiger partial charge is 0.353 e. The van der Waals surface area contributed by atoms with Crippen LogP contribution in [0.5, 0.6) is 0 Å². The number of benzene rings is 1. The van der Waals surface area contributed by atoms with Gasteiger partial charge in [-0.1, -0.05) is 13.0 Å². The van der Waals surface area contributed by atoms with Gasteiger partial charge in [0.2, 0.25) is 11.8 Å². The predicted octanol–water partition coefficient (Wildman–Crippen LogP) is 1.30. The molecule has 1 aromatic carbocycles. The van der Waals surface area contributed by atoms with Crippen molar-refractivity contribution in [3.63, 3.8) is 0 Å². The molecule has 1 saturated heterocycles. The zero-order chi connectivity index (χ0) is 18.2. The summed E-state index contributed by atoms with van der Waals surface area (Å²) in [6.45, 7) is 7.66. The topological polar surface area (TPSA) is 64.7 Å². The van der Waals surface area contributed by atoms with Crippen molar-refractivity contribution in [1.82, 2.24) is 15.1 Å². The molecular formula is C18H27FN4O2. The number of carbonyl (C=O) groups excluding carboxylic acids is 2. The molecule has 2 rings (SSSR count). The van der Waals surface area contributed by atoms with Crippen molar-refractivity contribution in [2.75, 3.05) is 44.6 Å². The zero-order valence-electron chi connectivity index (χ0n) is 14.9. The molecule has 1 fully saturated rings. The summed E-state index contributed by atoms with van der Waals surface area (Å²) in [6, 6.07) is 6.06. The Bertz CT molecular complexity index is 588. The number of nitrogens with one attached hydrogen (secondary N) is 2. The summed E-state index contributed by atoms with van der Waals surface area (Å²) in [5.74, 6) is -0.484. The van der Waals surface area contributed by atoms with E-state index < -0.39 is 0 Å². The maximum absolute atomic E-state index is 13.1. The van der Waals surface area contributed by atoms with Crippen molar-refractivity contribution in [2.24, 2.45) is 0 Å². The van der Waals surface area contributed by atoms with Crippen LogP contribution in [0.3, 0.4) is 0 Å². The second-order valence-corrected chi connectivity index (χ2v) is 6.49. The Morgan fingerprint density at radius 1 is 1.12 bits per heavy atom. The molecule has 1 aliphatic rings. The van der Waals surface area contributed by atoms with Crippen molar-refractivity contribution in [1.29, 1.82) is 0 Å². The second-order valence-electron chi connectivity index (χ2n) is 6.49. The highest BCUT2D eigenvalue weighted by Gasteiger charge is 2.21. The molecule has 0 bridgehead atoms. The summed E-state index contributed by atoms with van der Waals surface area (Å²) in [7, 11) is 0. The van der Waals surface area contributed by atoms with E-state index >= 15 is 0 Å². The van der Waals surface area contributed by atoms with Crippen molar-refractivity contribution in [3.8, 4) is 0 Å². The van der Waals surface area contributed by atoms with E-state index in [0.29, 0.717) is 12.2 Å². The molecule has 1 heterocycles. The normalized spacial score (nSPS) is 17.1. The smallest absolute Gasteiger partial charge is 0.238 e. The van der Waals surface area contributed by atoms with Gasteiger partial charge in [0.05, 0.1) is 13.1 Å². The number of piperazine rings is 1. The van der Waals surface area contributed by atoms with Gasteiger partial charge in [-0.25, -0.2) is 4.39 Å². The fourth-order valence-corrected chi connectivity index (χ4v) is 2.70. The number of hydrogen-bond acceptors (Lipinski definition) is 4. The Hall–Kier alpha value is -1.99. The number of nitrogens with zero attached hydrogens (tertiary/aromatic N) is 2. The summed E-state index contributed by atoms with van der Waals surface area (Å²) in [5.41, 5.74) is 0.463. The van der Waals surface area contributed by atoms with Crippen LogP contribution in [0.15, 0.2) is 24.3 Å². The maximum atomic E-state index is 13.1. The highest BCUT2D eigenvalue weighted by atomic mass is 19.1. The van der Waals surface area contributed by atoms with Gasteiger partial charge in [0.25, 0.3) is 0 Å². The van der Waals surface area contributed by atoms with Crippen LogP contribution in [0.4, 0.5) is 10.1 Å². The fourth-order valence-electron chi connectivity index (χ4n) is 2.70. The maximum Gasteiger partial charge on any atom is 0.238 e. The van der Waals surface area contributed by atoms with Crippen molar-refractivity contribution in [2.45, 2.75) is 26.3 Å². The number of anilines is 1. The molecule has 0 saturated carbocycles. The Kier molecular flexibility index (Phi) is 7.33. The van der Waals surface area contributed by atoms with E-state index in [0.717, 1.165) is 32.6 Å². The number of hydrogen-bond donors (Lipinski definition) is 2. The minimum absolute atomic E-state index is 0.0478. The van der Waals surface area contributed by atoms with Crippen molar-refractivity contribution >= 4 is 17.5 Å². The molecule has 138 valence electrons. The van der Waals surface area contributed by atoms with Crippen LogP contribution in [0, 0.1) is 5.82 Å². The van der Waals surface area contributed by atoms with Crippen LogP contribution in [-0.2, 0) is 9.59 Å². The monoisotopic (exact) mass is 350 g/mol. The van der Waals surface area contributed by atoms with Gasteiger partial charge in [0, 0.05) is 37.9 Å². The number of amides is 2.